The van der Waals surface area contributed by atoms with Crippen molar-refractivity contribution in [2.45, 2.75) is 13.5 Å². The van der Waals surface area contributed by atoms with Crippen molar-refractivity contribution in [1.82, 2.24) is 4.57 Å². The average molecular weight is 352 g/mol. The standard InChI is InChI=1S/C20H17FN2O3/c1-2-22-10-15(14-5-3-4-6-16(14)22)18(24)11-23-17-9-13(21)7-8-19(17)26-12-20(23)25/h3-10H,2,11-12H2,1H3. The van der Waals surface area contributed by atoms with Gasteiger partial charge in [0.15, 0.2) is 12.4 Å². The predicted molar refractivity (Wildman–Crippen MR) is 96.2 cm³/mol. The summed E-state index contributed by atoms with van der Waals surface area (Å²) in [7, 11) is 0. The lowest BCUT2D eigenvalue weighted by molar-refractivity contribution is -0.121. The number of amides is 1. The Bertz CT molecular complexity index is 1030. The summed E-state index contributed by atoms with van der Waals surface area (Å²) in [5, 5.41) is 0.847. The van der Waals surface area contributed by atoms with Crippen molar-refractivity contribution in [1.29, 1.82) is 0 Å². The van der Waals surface area contributed by atoms with Gasteiger partial charge in [0.1, 0.15) is 11.6 Å². The van der Waals surface area contributed by atoms with E-state index in [4.69, 9.17) is 4.74 Å². The summed E-state index contributed by atoms with van der Waals surface area (Å²) in [5.41, 5.74) is 1.81. The van der Waals surface area contributed by atoms with Gasteiger partial charge in [-0.15, -0.1) is 0 Å². The second-order valence-electron chi connectivity index (χ2n) is 6.15. The molecular weight excluding hydrogens is 335 g/mol. The molecular formula is C20H17FN2O3. The van der Waals surface area contributed by atoms with E-state index in [-0.39, 0.29) is 30.5 Å². The SMILES string of the molecule is CCn1cc(C(=O)CN2C(=O)COc3ccc(F)cc32)c2ccccc21. The number of hydrogen-bond donors (Lipinski definition) is 0. The van der Waals surface area contributed by atoms with E-state index in [0.29, 0.717) is 11.3 Å². The highest BCUT2D eigenvalue weighted by Gasteiger charge is 2.29. The van der Waals surface area contributed by atoms with Gasteiger partial charge >= 0.3 is 0 Å². The number of hydrogen-bond acceptors (Lipinski definition) is 3. The molecule has 6 heteroatoms. The van der Waals surface area contributed by atoms with Crippen LogP contribution in [0.1, 0.15) is 17.3 Å². The molecule has 0 saturated heterocycles. The maximum atomic E-state index is 13.6. The summed E-state index contributed by atoms with van der Waals surface area (Å²) in [4.78, 5) is 26.5. The largest absolute Gasteiger partial charge is 0.482 e. The number of anilines is 1. The molecule has 0 spiro atoms. The number of benzene rings is 2. The highest BCUT2D eigenvalue weighted by atomic mass is 19.1. The fourth-order valence-electron chi connectivity index (χ4n) is 3.31. The van der Waals surface area contributed by atoms with E-state index in [9.17, 15) is 14.0 Å². The first-order valence-electron chi connectivity index (χ1n) is 8.42. The van der Waals surface area contributed by atoms with E-state index in [2.05, 4.69) is 0 Å². The van der Waals surface area contributed by atoms with Crippen LogP contribution >= 0.6 is 0 Å². The molecule has 0 bridgehead atoms. The number of ketones is 1. The molecule has 0 aliphatic carbocycles. The maximum absolute atomic E-state index is 13.6. The highest BCUT2D eigenvalue weighted by molar-refractivity contribution is 6.13. The molecule has 2 heterocycles. The zero-order chi connectivity index (χ0) is 18.3. The van der Waals surface area contributed by atoms with E-state index >= 15 is 0 Å². The Labute approximate surface area is 149 Å². The lowest BCUT2D eigenvalue weighted by Crippen LogP contribution is -2.42. The van der Waals surface area contributed by atoms with Gasteiger partial charge in [-0.1, -0.05) is 18.2 Å². The van der Waals surface area contributed by atoms with Crippen LogP contribution in [0.15, 0.2) is 48.7 Å². The fraction of sp³-hybridized carbons (Fsp3) is 0.200. The van der Waals surface area contributed by atoms with Crippen LogP contribution in [0.25, 0.3) is 10.9 Å². The van der Waals surface area contributed by atoms with Gasteiger partial charge in [-0.3, -0.25) is 14.5 Å². The topological polar surface area (TPSA) is 51.5 Å². The number of halogens is 1. The lowest BCUT2D eigenvalue weighted by Gasteiger charge is -2.28. The number of aryl methyl sites for hydroxylation is 1. The molecule has 1 aromatic heterocycles. The molecule has 26 heavy (non-hydrogen) atoms. The van der Waals surface area contributed by atoms with Gasteiger partial charge in [-0.05, 0) is 25.1 Å². The summed E-state index contributed by atoms with van der Waals surface area (Å²) >= 11 is 0. The Morgan fingerprint density at radius 1 is 1.23 bits per heavy atom. The molecule has 4 rings (SSSR count). The van der Waals surface area contributed by atoms with E-state index < -0.39 is 5.82 Å². The van der Waals surface area contributed by atoms with Gasteiger partial charge in [-0.25, -0.2) is 4.39 Å². The summed E-state index contributed by atoms with van der Waals surface area (Å²) < 4.78 is 21.0. The summed E-state index contributed by atoms with van der Waals surface area (Å²) in [6.45, 7) is 2.42. The van der Waals surface area contributed by atoms with Crippen LogP contribution in [-0.2, 0) is 11.3 Å². The fourth-order valence-corrected chi connectivity index (χ4v) is 3.31. The number of Topliss-reactive ketones (excluding diaryl/α,β-unsaturated/α-hetero) is 1. The van der Waals surface area contributed by atoms with Gasteiger partial charge in [0.2, 0.25) is 0 Å². The molecule has 132 valence electrons. The Kier molecular flexibility index (Phi) is 3.95. The minimum absolute atomic E-state index is 0.156. The second-order valence-corrected chi connectivity index (χ2v) is 6.15. The molecule has 2 aromatic carbocycles. The molecule has 1 amide bonds. The van der Waals surface area contributed by atoms with Gasteiger partial charge < -0.3 is 9.30 Å². The molecule has 1 aliphatic heterocycles. The van der Waals surface area contributed by atoms with E-state index in [1.807, 2.05) is 42.0 Å². The first-order chi connectivity index (χ1) is 12.6. The monoisotopic (exact) mass is 352 g/mol. The Morgan fingerprint density at radius 3 is 2.85 bits per heavy atom. The number of nitrogens with zero attached hydrogens (tertiary/aromatic N) is 2. The number of ether oxygens (including phenoxy) is 1. The Hall–Kier alpha value is -3.15. The third-order valence-electron chi connectivity index (χ3n) is 4.60. The van der Waals surface area contributed by atoms with Crippen molar-refractivity contribution >= 4 is 28.3 Å². The molecule has 5 nitrogen and oxygen atoms in total. The van der Waals surface area contributed by atoms with E-state index in [1.54, 1.807) is 0 Å². The van der Waals surface area contributed by atoms with E-state index in [1.165, 1.54) is 23.1 Å². The lowest BCUT2D eigenvalue weighted by atomic mass is 10.1. The second kappa shape index (κ2) is 6.29. The third-order valence-corrected chi connectivity index (χ3v) is 4.60. The Morgan fingerprint density at radius 2 is 2.04 bits per heavy atom. The number of carbonyl (C=O) groups is 2. The van der Waals surface area contributed by atoms with Crippen molar-refractivity contribution in [3.05, 3.63) is 60.0 Å². The predicted octanol–water partition coefficient (Wildman–Crippen LogP) is 3.41. The van der Waals surface area contributed by atoms with Crippen LogP contribution in [0.2, 0.25) is 0 Å². The zero-order valence-electron chi connectivity index (χ0n) is 14.2. The van der Waals surface area contributed by atoms with Crippen LogP contribution < -0.4 is 9.64 Å². The van der Waals surface area contributed by atoms with Crippen molar-refractivity contribution in [2.75, 3.05) is 18.1 Å². The highest BCUT2D eigenvalue weighted by Crippen LogP contribution is 2.33. The minimum atomic E-state index is -0.484. The smallest absolute Gasteiger partial charge is 0.265 e. The number of rotatable bonds is 4. The van der Waals surface area contributed by atoms with Crippen LogP contribution in [0.5, 0.6) is 5.75 Å². The van der Waals surface area contributed by atoms with Gasteiger partial charge in [-0.2, -0.15) is 0 Å². The van der Waals surface area contributed by atoms with Crippen molar-refractivity contribution < 1.29 is 18.7 Å². The van der Waals surface area contributed by atoms with Crippen LogP contribution in [-0.4, -0.2) is 29.4 Å². The first-order valence-corrected chi connectivity index (χ1v) is 8.42. The molecule has 0 fully saturated rings. The quantitative estimate of drug-likeness (QED) is 0.676. The first kappa shape index (κ1) is 16.3. The zero-order valence-corrected chi connectivity index (χ0v) is 14.2. The molecule has 0 saturated carbocycles. The molecule has 0 unspecified atom stereocenters. The average Bonchev–Trinajstić information content (AvgIpc) is 3.03. The molecule has 0 N–H and O–H groups in total. The van der Waals surface area contributed by atoms with Crippen molar-refractivity contribution in [3.63, 3.8) is 0 Å². The van der Waals surface area contributed by atoms with Crippen LogP contribution in [0.3, 0.4) is 0 Å². The van der Waals surface area contributed by atoms with Crippen LogP contribution in [0.4, 0.5) is 10.1 Å². The number of aromatic nitrogens is 1. The van der Waals surface area contributed by atoms with Gasteiger partial charge in [0.25, 0.3) is 5.91 Å². The number of fused-ring (bicyclic) bond motifs is 2. The normalized spacial score (nSPS) is 13.6. The van der Waals surface area contributed by atoms with Gasteiger partial charge in [0, 0.05) is 35.3 Å². The maximum Gasteiger partial charge on any atom is 0.265 e. The van der Waals surface area contributed by atoms with Crippen molar-refractivity contribution in [3.8, 4) is 5.75 Å². The number of para-hydroxylation sites is 1. The van der Waals surface area contributed by atoms with Crippen LogP contribution in [0, 0.1) is 5.82 Å². The number of carbonyl (C=O) groups excluding carboxylic acids is 2. The van der Waals surface area contributed by atoms with Gasteiger partial charge in [0.05, 0.1) is 12.2 Å². The summed E-state index contributed by atoms with van der Waals surface area (Å²) in [6, 6.07) is 11.6. The third kappa shape index (κ3) is 2.63. The summed E-state index contributed by atoms with van der Waals surface area (Å²) in [5.74, 6) is -0.647. The minimum Gasteiger partial charge on any atom is -0.482 e. The molecule has 1 aliphatic rings. The molecule has 0 radical (unpaired) electrons. The molecule has 0 atom stereocenters. The van der Waals surface area contributed by atoms with Crippen molar-refractivity contribution in [2.24, 2.45) is 0 Å². The molecule has 3 aromatic rings. The van der Waals surface area contributed by atoms with E-state index in [0.717, 1.165) is 17.4 Å². The summed E-state index contributed by atoms with van der Waals surface area (Å²) in [6.07, 6.45) is 1.81. The Balaban J connectivity index is 1.71.